The number of amidine groups is 1. The molecule has 0 spiro atoms. The van der Waals surface area contributed by atoms with Crippen LogP contribution in [0.5, 0.6) is 34.5 Å². The fourth-order valence-electron chi connectivity index (χ4n) is 9.88. The number of piperazine rings is 2. The van der Waals surface area contributed by atoms with Crippen LogP contribution in [0.2, 0.25) is 0 Å². The van der Waals surface area contributed by atoms with Gasteiger partial charge < -0.3 is 50.0 Å². The first-order valence-corrected chi connectivity index (χ1v) is 26.8. The maximum atomic E-state index is 13.2. The summed E-state index contributed by atoms with van der Waals surface area (Å²) in [5.74, 6) is 1.77. The van der Waals surface area contributed by atoms with E-state index in [-0.39, 0.29) is 40.6 Å². The molecule has 10 rings (SSSR count). The van der Waals surface area contributed by atoms with Gasteiger partial charge in [0.25, 0.3) is 11.8 Å². The highest BCUT2D eigenvalue weighted by molar-refractivity contribution is 6.20. The summed E-state index contributed by atoms with van der Waals surface area (Å²) in [6, 6.07) is 20.7. The molecule has 6 heterocycles. The second-order valence-corrected chi connectivity index (χ2v) is 19.9. The van der Waals surface area contributed by atoms with Crippen LogP contribution in [0.25, 0.3) is 17.1 Å². The van der Waals surface area contributed by atoms with E-state index in [1.807, 2.05) is 62.1 Å². The number of phenolic OH excluding ortho intramolecular Hbond substituents is 2. The lowest BCUT2D eigenvalue weighted by Crippen LogP contribution is -2.49. The molecule has 81 heavy (non-hydrogen) atoms. The predicted octanol–water partition coefficient (Wildman–Crippen LogP) is 4.99. The highest BCUT2D eigenvalue weighted by Crippen LogP contribution is 2.44. The van der Waals surface area contributed by atoms with Gasteiger partial charge in [-0.2, -0.15) is 0 Å². The zero-order chi connectivity index (χ0) is 56.7. The van der Waals surface area contributed by atoms with Gasteiger partial charge in [0.1, 0.15) is 34.5 Å². The zero-order valence-electron chi connectivity index (χ0n) is 45.4. The van der Waals surface area contributed by atoms with Crippen molar-refractivity contribution in [1.29, 1.82) is 0 Å². The maximum absolute atomic E-state index is 13.2. The van der Waals surface area contributed by atoms with E-state index in [0.29, 0.717) is 149 Å². The summed E-state index contributed by atoms with van der Waals surface area (Å²) < 4.78 is 25.0. The average Bonchev–Trinajstić information content (AvgIpc) is 4.32. The number of nitrogens with zero attached hydrogens (tertiary/aromatic N) is 12. The summed E-state index contributed by atoms with van der Waals surface area (Å²) in [6.07, 6.45) is 2.47. The number of aliphatic imine (C=N–C) groups is 2. The van der Waals surface area contributed by atoms with Gasteiger partial charge >= 0.3 is 12.2 Å². The third-order valence-corrected chi connectivity index (χ3v) is 14.2. The van der Waals surface area contributed by atoms with Crippen LogP contribution in [0.15, 0.2) is 95.2 Å². The van der Waals surface area contributed by atoms with E-state index in [9.17, 15) is 29.4 Å². The number of fused-ring (bicyclic) bond motifs is 3. The summed E-state index contributed by atoms with van der Waals surface area (Å²) >= 11 is 0. The van der Waals surface area contributed by atoms with Gasteiger partial charge in [0.05, 0.1) is 31.4 Å². The minimum Gasteiger partial charge on any atom is -0.508 e. The molecule has 422 valence electrons. The largest absolute Gasteiger partial charge is 0.508 e. The highest BCUT2D eigenvalue weighted by atomic mass is 16.6. The average molecular weight is 1110 g/mol. The molecular formula is C56H63N15O10. The number of aromatic nitrogens is 5. The number of methoxy groups -OCH3 is 1. The molecule has 25 heteroatoms. The van der Waals surface area contributed by atoms with Gasteiger partial charge in [0.2, 0.25) is 17.7 Å². The van der Waals surface area contributed by atoms with Crippen LogP contribution in [0.3, 0.4) is 0 Å². The molecule has 0 unspecified atom stereocenters. The van der Waals surface area contributed by atoms with E-state index in [1.54, 1.807) is 51.8 Å². The van der Waals surface area contributed by atoms with Crippen LogP contribution in [0.4, 0.5) is 21.2 Å². The summed E-state index contributed by atoms with van der Waals surface area (Å²) in [4.78, 5) is 79.6. The standard InChI is InChI=1S/C56H63N15O10/c1-5-58-52(75)50-65-64-49(42-29-41(34(2)3)43(72)30-44(42)73)71(50)37-9-7-35(8-10-37)33-67-22-26-69(27-23-67)56(77)81-39-13-11-38(12-14-39)80-55(76)68-24-20-66(21-25-68)18-6-28-79-45-16-15-40-46(47(45)78-4)62-54(70-19-17-59-48(40)70)63-51(74)36-31-60-53(57)61-32-36/h7-16,29-32,34,72-73H,5-6,17-28,33H2,1-4H3,(H,58,75)(H2,57,60,61)(H,62,63,74). The number of aromatic hydroxyl groups is 2. The Morgan fingerprint density at radius 2 is 1.41 bits per heavy atom. The van der Waals surface area contributed by atoms with Crippen molar-refractivity contribution < 1.29 is 48.3 Å². The number of benzene rings is 4. The van der Waals surface area contributed by atoms with Gasteiger partial charge in [-0.3, -0.25) is 39.2 Å². The molecule has 0 bridgehead atoms. The lowest BCUT2D eigenvalue weighted by molar-refractivity contribution is 0.0941. The first-order valence-electron chi connectivity index (χ1n) is 26.8. The van der Waals surface area contributed by atoms with Crippen molar-refractivity contribution in [2.75, 3.05) is 98.0 Å². The van der Waals surface area contributed by atoms with Crippen molar-refractivity contribution in [1.82, 2.24) is 59.9 Å². The summed E-state index contributed by atoms with van der Waals surface area (Å²) in [5, 5.41) is 35.5. The molecule has 0 saturated carbocycles. The molecule has 2 aromatic heterocycles. The van der Waals surface area contributed by atoms with Crippen molar-refractivity contribution in [3.8, 4) is 51.6 Å². The second-order valence-electron chi connectivity index (χ2n) is 19.9. The molecule has 25 nitrogen and oxygen atoms in total. The Kier molecular flexibility index (Phi) is 16.5. The molecule has 0 atom stereocenters. The summed E-state index contributed by atoms with van der Waals surface area (Å²) in [6.45, 7) is 13.3. The summed E-state index contributed by atoms with van der Waals surface area (Å²) in [7, 11) is 1.54. The minimum atomic E-state index is -0.476. The Morgan fingerprint density at radius 3 is 2.04 bits per heavy atom. The molecule has 2 saturated heterocycles. The SMILES string of the molecule is CCNC(=O)c1nnc(-c2cc(C(C)C)c(O)cc2O)n1-c1ccc(CN2CCN(C(=O)Oc3ccc(OC(=O)N4CCN(CCCOc5ccc6c(c5OC)N=C(NC(=O)c5cnc(N)nc5)N5CCN=C65)CC4)cc3)CC2)cc1. The third-order valence-electron chi connectivity index (χ3n) is 14.2. The number of nitrogen functional groups attached to an aromatic ring is 1. The number of ether oxygens (including phenoxy) is 4. The zero-order valence-corrected chi connectivity index (χ0v) is 45.4. The van der Waals surface area contributed by atoms with Crippen molar-refractivity contribution in [2.45, 2.75) is 39.7 Å². The van der Waals surface area contributed by atoms with Gasteiger partial charge in [0, 0.05) is 108 Å². The topological polar surface area (TPSA) is 293 Å². The number of phenols is 2. The Labute approximate surface area is 466 Å². The van der Waals surface area contributed by atoms with Crippen LogP contribution in [-0.4, -0.2) is 187 Å². The number of rotatable bonds is 16. The number of nitrogens with one attached hydrogen (secondary N) is 2. The van der Waals surface area contributed by atoms with Crippen molar-refractivity contribution in [2.24, 2.45) is 9.98 Å². The molecule has 2 fully saturated rings. The Morgan fingerprint density at radius 1 is 0.753 bits per heavy atom. The van der Waals surface area contributed by atoms with E-state index >= 15 is 0 Å². The number of carbonyl (C=O) groups is 4. The van der Waals surface area contributed by atoms with Crippen molar-refractivity contribution in [3.63, 3.8) is 0 Å². The lowest BCUT2D eigenvalue weighted by atomic mass is 9.98. The van der Waals surface area contributed by atoms with E-state index in [0.717, 1.165) is 17.7 Å². The Bertz CT molecular complexity index is 3350. The first-order chi connectivity index (χ1) is 39.2. The number of anilines is 1. The van der Waals surface area contributed by atoms with Gasteiger partial charge in [-0.1, -0.05) is 26.0 Å². The smallest absolute Gasteiger partial charge is 0.415 e. The van der Waals surface area contributed by atoms with E-state index < -0.39 is 24.0 Å². The van der Waals surface area contributed by atoms with E-state index in [2.05, 4.69) is 45.6 Å². The molecule has 6 aromatic rings. The number of hydrogen-bond donors (Lipinski definition) is 5. The van der Waals surface area contributed by atoms with E-state index in [4.69, 9.17) is 29.7 Å². The van der Waals surface area contributed by atoms with Crippen LogP contribution < -0.4 is 35.3 Å². The lowest BCUT2D eigenvalue weighted by Gasteiger charge is -2.34. The molecular weight excluding hydrogens is 1040 g/mol. The number of amides is 4. The normalized spacial score (nSPS) is 15.3. The van der Waals surface area contributed by atoms with E-state index in [1.165, 1.54) is 18.5 Å². The molecule has 0 aliphatic carbocycles. The van der Waals surface area contributed by atoms with Crippen LogP contribution in [0.1, 0.15) is 70.8 Å². The third kappa shape index (κ3) is 12.3. The van der Waals surface area contributed by atoms with Crippen molar-refractivity contribution >= 4 is 47.4 Å². The number of carbonyl (C=O) groups excluding carboxylic acids is 4. The monoisotopic (exact) mass is 1110 g/mol. The highest BCUT2D eigenvalue weighted by Gasteiger charge is 2.34. The van der Waals surface area contributed by atoms with Crippen LogP contribution in [-0.2, 0) is 6.54 Å². The summed E-state index contributed by atoms with van der Waals surface area (Å²) in [5.41, 5.74) is 9.64. The molecule has 6 N–H and O–H groups in total. The van der Waals surface area contributed by atoms with Crippen LogP contribution >= 0.6 is 0 Å². The molecule has 4 amide bonds. The number of hydrogen-bond acceptors (Lipinski definition) is 20. The fourth-order valence-corrected chi connectivity index (χ4v) is 9.88. The second kappa shape index (κ2) is 24.3. The molecule has 0 radical (unpaired) electrons. The Balaban J connectivity index is 0.651. The van der Waals surface area contributed by atoms with Gasteiger partial charge in [-0.25, -0.2) is 24.5 Å². The molecule has 4 aliphatic rings. The number of nitrogens with two attached hydrogens (primary N) is 1. The quantitative estimate of drug-likeness (QED) is 0.0797. The van der Waals surface area contributed by atoms with Gasteiger partial charge in [-0.05, 0) is 85.0 Å². The van der Waals surface area contributed by atoms with Gasteiger partial charge in [-0.15, -0.1) is 10.2 Å². The molecule has 4 aromatic carbocycles. The van der Waals surface area contributed by atoms with Crippen LogP contribution in [0, 0.1) is 0 Å². The maximum Gasteiger partial charge on any atom is 0.415 e. The molecule has 4 aliphatic heterocycles. The van der Waals surface area contributed by atoms with Gasteiger partial charge in [0.15, 0.2) is 17.3 Å². The van der Waals surface area contributed by atoms with Crippen molar-refractivity contribution in [3.05, 3.63) is 113 Å². The minimum absolute atomic E-state index is 0.0352. The Hall–Kier alpha value is -9.36. The number of guanidine groups is 1. The predicted molar refractivity (Wildman–Crippen MR) is 298 cm³/mol. The fraction of sp³-hybridized carbons (Fsp3) is 0.357. The first kappa shape index (κ1) is 55.0.